The molecular weight excluding hydrogens is 292 g/mol. The van der Waals surface area contributed by atoms with E-state index in [1.165, 1.54) is 10.9 Å². The summed E-state index contributed by atoms with van der Waals surface area (Å²) in [5.41, 5.74) is 7.19. The summed E-state index contributed by atoms with van der Waals surface area (Å²) >= 11 is 0. The van der Waals surface area contributed by atoms with Crippen LogP contribution in [0.25, 0.3) is 0 Å². The minimum absolute atomic E-state index is 0.0139. The molecule has 0 radical (unpaired) electrons. The van der Waals surface area contributed by atoms with E-state index in [1.807, 2.05) is 6.92 Å². The van der Waals surface area contributed by atoms with E-state index in [0.29, 0.717) is 6.54 Å². The number of aliphatic hydroxyl groups excluding tert-OH is 1. The Kier molecular flexibility index (Phi) is 4.61. The summed E-state index contributed by atoms with van der Waals surface area (Å²) in [6, 6.07) is 7.00. The lowest BCUT2D eigenvalue weighted by atomic mass is 10.1. The molecular formula is C13H18N4O3S. The van der Waals surface area contributed by atoms with E-state index in [9.17, 15) is 8.42 Å². The number of aryl methyl sites for hydroxylation is 1. The fraction of sp³-hybridized carbons (Fsp3) is 0.308. The molecule has 0 spiro atoms. The molecule has 1 aromatic carbocycles. The molecule has 0 bridgehead atoms. The second-order valence-electron chi connectivity index (χ2n) is 4.53. The predicted octanol–water partition coefficient (Wildman–Crippen LogP) is 0.456. The topological polar surface area (TPSA) is 110 Å². The summed E-state index contributed by atoms with van der Waals surface area (Å²) in [6.45, 7) is 2.49. The number of nitrogens with two attached hydrogens (primary N) is 1. The minimum Gasteiger partial charge on any atom is -0.392 e. The molecule has 8 heteroatoms. The van der Waals surface area contributed by atoms with Gasteiger partial charge in [-0.05, 0) is 18.1 Å². The average Bonchev–Trinajstić information content (AvgIpc) is 2.88. The average molecular weight is 310 g/mol. The predicted molar refractivity (Wildman–Crippen MR) is 78.7 cm³/mol. The highest BCUT2D eigenvalue weighted by Gasteiger charge is 2.20. The molecule has 0 saturated carbocycles. The Morgan fingerprint density at radius 3 is 2.43 bits per heavy atom. The van der Waals surface area contributed by atoms with E-state index in [1.54, 1.807) is 24.3 Å². The van der Waals surface area contributed by atoms with Crippen LogP contribution in [0.3, 0.4) is 0 Å². The van der Waals surface area contributed by atoms with Crippen molar-refractivity contribution in [3.8, 4) is 0 Å². The molecule has 2 rings (SSSR count). The summed E-state index contributed by atoms with van der Waals surface area (Å²) < 4.78 is 28.3. The standard InChI is InChI=1S/C13H18N4O3S/c1-2-17-8-12(13(14)16-17)21(19,20)15-7-10-3-5-11(9-18)6-4-10/h3-6,8,15,18H,2,7,9H2,1H3,(H2,14,16). The molecule has 2 aromatic rings. The van der Waals surface area contributed by atoms with E-state index in [2.05, 4.69) is 9.82 Å². The first-order chi connectivity index (χ1) is 9.96. The van der Waals surface area contributed by atoms with Gasteiger partial charge in [-0.15, -0.1) is 0 Å². The number of hydrogen-bond acceptors (Lipinski definition) is 5. The molecule has 114 valence electrons. The molecule has 0 saturated heterocycles. The summed E-state index contributed by atoms with van der Waals surface area (Å²) in [5.74, 6) is -0.0139. The van der Waals surface area contributed by atoms with Crippen molar-refractivity contribution in [2.45, 2.75) is 31.5 Å². The number of nitrogen functional groups attached to an aromatic ring is 1. The Labute approximate surface area is 123 Å². The number of nitrogens with zero attached hydrogens (tertiary/aromatic N) is 2. The number of aliphatic hydroxyl groups is 1. The van der Waals surface area contributed by atoms with Gasteiger partial charge in [0.25, 0.3) is 0 Å². The molecule has 1 heterocycles. The van der Waals surface area contributed by atoms with Crippen molar-refractivity contribution in [3.63, 3.8) is 0 Å². The van der Waals surface area contributed by atoms with Crippen LogP contribution < -0.4 is 10.5 Å². The van der Waals surface area contributed by atoms with E-state index < -0.39 is 10.0 Å². The van der Waals surface area contributed by atoms with Crippen molar-refractivity contribution in [1.29, 1.82) is 0 Å². The fourth-order valence-corrected chi connectivity index (χ4v) is 2.89. The van der Waals surface area contributed by atoms with Crippen molar-refractivity contribution in [2.24, 2.45) is 0 Å². The van der Waals surface area contributed by atoms with Gasteiger partial charge in [0.05, 0.1) is 6.61 Å². The van der Waals surface area contributed by atoms with Crippen LogP contribution in [0, 0.1) is 0 Å². The molecule has 0 aliphatic heterocycles. The fourth-order valence-electron chi connectivity index (χ4n) is 1.81. The number of aromatic nitrogens is 2. The van der Waals surface area contributed by atoms with Crippen LogP contribution >= 0.6 is 0 Å². The van der Waals surface area contributed by atoms with Crippen molar-refractivity contribution in [2.75, 3.05) is 5.73 Å². The lowest BCUT2D eigenvalue weighted by Gasteiger charge is -2.06. The zero-order valence-corrected chi connectivity index (χ0v) is 12.5. The van der Waals surface area contributed by atoms with Gasteiger partial charge in [0.15, 0.2) is 5.82 Å². The van der Waals surface area contributed by atoms with E-state index in [-0.39, 0.29) is 23.9 Å². The minimum atomic E-state index is -3.70. The van der Waals surface area contributed by atoms with Gasteiger partial charge in [-0.3, -0.25) is 4.68 Å². The number of hydrogen-bond donors (Lipinski definition) is 3. The highest BCUT2D eigenvalue weighted by Crippen LogP contribution is 2.16. The van der Waals surface area contributed by atoms with E-state index in [0.717, 1.165) is 11.1 Å². The molecule has 4 N–H and O–H groups in total. The van der Waals surface area contributed by atoms with Gasteiger partial charge in [-0.1, -0.05) is 24.3 Å². The Morgan fingerprint density at radius 2 is 1.90 bits per heavy atom. The van der Waals surface area contributed by atoms with Crippen LogP contribution in [-0.2, 0) is 29.7 Å². The van der Waals surface area contributed by atoms with Crippen LogP contribution in [0.15, 0.2) is 35.4 Å². The highest BCUT2D eigenvalue weighted by molar-refractivity contribution is 7.89. The van der Waals surface area contributed by atoms with E-state index in [4.69, 9.17) is 10.8 Å². The third kappa shape index (κ3) is 3.60. The van der Waals surface area contributed by atoms with Crippen LogP contribution in [0.5, 0.6) is 0 Å². The Hall–Kier alpha value is -1.90. The first-order valence-electron chi connectivity index (χ1n) is 6.47. The Balaban J connectivity index is 2.11. The summed E-state index contributed by atoms with van der Waals surface area (Å²) in [4.78, 5) is -0.0173. The lowest BCUT2D eigenvalue weighted by molar-refractivity contribution is 0.282. The van der Waals surface area contributed by atoms with E-state index >= 15 is 0 Å². The van der Waals surface area contributed by atoms with Gasteiger partial charge in [0.1, 0.15) is 4.90 Å². The SMILES string of the molecule is CCn1cc(S(=O)(=O)NCc2ccc(CO)cc2)c(N)n1. The Morgan fingerprint density at radius 1 is 1.29 bits per heavy atom. The molecule has 21 heavy (non-hydrogen) atoms. The van der Waals surface area contributed by atoms with Gasteiger partial charge in [0.2, 0.25) is 10.0 Å². The quantitative estimate of drug-likeness (QED) is 0.718. The summed E-state index contributed by atoms with van der Waals surface area (Å²) in [7, 11) is -3.70. The maximum Gasteiger partial charge on any atom is 0.246 e. The normalized spacial score (nSPS) is 11.7. The van der Waals surface area contributed by atoms with Crippen molar-refractivity contribution >= 4 is 15.8 Å². The maximum atomic E-state index is 12.2. The second-order valence-corrected chi connectivity index (χ2v) is 6.27. The summed E-state index contributed by atoms with van der Waals surface area (Å²) in [6.07, 6.45) is 1.41. The number of nitrogens with one attached hydrogen (secondary N) is 1. The molecule has 0 atom stereocenters. The van der Waals surface area contributed by atoms with Gasteiger partial charge < -0.3 is 10.8 Å². The number of rotatable bonds is 6. The smallest absolute Gasteiger partial charge is 0.246 e. The maximum absolute atomic E-state index is 12.2. The van der Waals surface area contributed by atoms with Crippen LogP contribution in [0.4, 0.5) is 5.82 Å². The second kappa shape index (κ2) is 6.25. The van der Waals surface area contributed by atoms with Crippen molar-refractivity contribution in [3.05, 3.63) is 41.6 Å². The molecule has 0 aliphatic carbocycles. The third-order valence-electron chi connectivity index (χ3n) is 3.04. The first kappa shape index (κ1) is 15.5. The van der Waals surface area contributed by atoms with Gasteiger partial charge >= 0.3 is 0 Å². The monoisotopic (exact) mass is 310 g/mol. The molecule has 0 fully saturated rings. The third-order valence-corrected chi connectivity index (χ3v) is 4.46. The van der Waals surface area contributed by atoms with Crippen molar-refractivity contribution in [1.82, 2.24) is 14.5 Å². The van der Waals surface area contributed by atoms with Crippen LogP contribution in [0.1, 0.15) is 18.1 Å². The zero-order chi connectivity index (χ0) is 15.5. The molecule has 0 unspecified atom stereocenters. The van der Waals surface area contributed by atoms with Crippen LogP contribution in [-0.4, -0.2) is 23.3 Å². The number of sulfonamides is 1. The molecule has 0 amide bonds. The lowest BCUT2D eigenvalue weighted by Crippen LogP contribution is -2.23. The number of anilines is 1. The molecule has 1 aromatic heterocycles. The highest BCUT2D eigenvalue weighted by atomic mass is 32.2. The van der Waals surface area contributed by atoms with Gasteiger partial charge in [0, 0.05) is 19.3 Å². The van der Waals surface area contributed by atoms with Crippen LogP contribution in [0.2, 0.25) is 0 Å². The molecule has 0 aliphatic rings. The Bertz CT molecular complexity index is 708. The first-order valence-corrected chi connectivity index (χ1v) is 7.96. The number of benzene rings is 1. The summed E-state index contributed by atoms with van der Waals surface area (Å²) in [5, 5.41) is 12.9. The van der Waals surface area contributed by atoms with Gasteiger partial charge in [-0.25, -0.2) is 13.1 Å². The van der Waals surface area contributed by atoms with Gasteiger partial charge in [-0.2, -0.15) is 5.10 Å². The molecule has 7 nitrogen and oxygen atoms in total. The largest absolute Gasteiger partial charge is 0.392 e. The zero-order valence-electron chi connectivity index (χ0n) is 11.7. The van der Waals surface area contributed by atoms with Crippen molar-refractivity contribution < 1.29 is 13.5 Å².